The Labute approximate surface area is 177 Å². The first-order chi connectivity index (χ1) is 13.8. The van der Waals surface area contributed by atoms with Gasteiger partial charge in [0, 0.05) is 18.9 Å². The molecule has 1 N–H and O–H groups in total. The summed E-state index contributed by atoms with van der Waals surface area (Å²) in [4.78, 5) is 27.4. The molecule has 8 nitrogen and oxygen atoms in total. The third-order valence-corrected chi connectivity index (χ3v) is 7.26. The fraction of sp³-hybridized carbons (Fsp3) is 0.278. The highest BCUT2D eigenvalue weighted by Crippen LogP contribution is 2.28. The molecule has 0 spiro atoms. The lowest BCUT2D eigenvalue weighted by Crippen LogP contribution is -2.44. The molecule has 1 unspecified atom stereocenters. The number of alkyl carbamates (subject to hydrolysis) is 1. The van der Waals surface area contributed by atoms with Crippen LogP contribution in [0.25, 0.3) is 0 Å². The zero-order valence-electron chi connectivity index (χ0n) is 15.7. The molecule has 1 aromatic carbocycles. The van der Waals surface area contributed by atoms with E-state index in [-0.39, 0.29) is 11.5 Å². The number of rotatable bonds is 9. The third kappa shape index (κ3) is 7.59. The number of ether oxygens (including phenoxy) is 2. The summed E-state index contributed by atoms with van der Waals surface area (Å²) in [7, 11) is -1.30. The smallest absolute Gasteiger partial charge is 0.410 e. The lowest BCUT2D eigenvalue weighted by Gasteiger charge is -2.18. The standard InChI is InChI=1S/C18H20N2O6S3/c1-13-6-8-15(9-7-13)29(23,24)18(26-14(2)21)20-17(22)25-11-12-27-28-16-5-3-4-10-19-16/h3-10,18H,11-12H2,1-2H3,(H,20,22). The number of nitrogens with one attached hydrogen (secondary N) is 1. The molecule has 0 aliphatic rings. The second kappa shape index (κ2) is 11.1. The first-order valence-corrected chi connectivity index (χ1v) is 12.3. The van der Waals surface area contributed by atoms with Gasteiger partial charge in [-0.25, -0.2) is 18.2 Å². The maximum Gasteiger partial charge on any atom is 0.410 e. The topological polar surface area (TPSA) is 112 Å². The van der Waals surface area contributed by atoms with E-state index in [4.69, 9.17) is 9.47 Å². The lowest BCUT2D eigenvalue weighted by molar-refractivity contribution is -0.143. The van der Waals surface area contributed by atoms with E-state index in [1.165, 1.54) is 33.7 Å². The van der Waals surface area contributed by atoms with E-state index in [9.17, 15) is 18.0 Å². The Morgan fingerprint density at radius 2 is 1.90 bits per heavy atom. The Morgan fingerprint density at radius 3 is 2.52 bits per heavy atom. The molecule has 11 heteroatoms. The number of sulfone groups is 1. The predicted octanol–water partition coefficient (Wildman–Crippen LogP) is 3.18. The minimum atomic E-state index is -4.15. The van der Waals surface area contributed by atoms with Crippen molar-refractivity contribution in [1.29, 1.82) is 0 Å². The van der Waals surface area contributed by atoms with Gasteiger partial charge in [-0.05, 0) is 42.0 Å². The number of benzene rings is 1. The van der Waals surface area contributed by atoms with Gasteiger partial charge in [0.15, 0.2) is 0 Å². The first-order valence-electron chi connectivity index (χ1n) is 8.40. The fourth-order valence-electron chi connectivity index (χ4n) is 1.98. The van der Waals surface area contributed by atoms with Crippen LogP contribution in [0.3, 0.4) is 0 Å². The summed E-state index contributed by atoms with van der Waals surface area (Å²) < 4.78 is 35.2. The van der Waals surface area contributed by atoms with Gasteiger partial charge in [0.2, 0.25) is 9.84 Å². The highest BCUT2D eigenvalue weighted by atomic mass is 33.1. The van der Waals surface area contributed by atoms with Crippen molar-refractivity contribution in [2.45, 2.75) is 29.3 Å². The second-order valence-electron chi connectivity index (χ2n) is 5.65. The average molecular weight is 457 g/mol. The molecular weight excluding hydrogens is 436 g/mol. The van der Waals surface area contributed by atoms with Crippen molar-refractivity contribution >= 4 is 43.5 Å². The number of nitrogens with zero attached hydrogens (tertiary/aromatic N) is 1. The van der Waals surface area contributed by atoms with Gasteiger partial charge in [0.05, 0.1) is 4.90 Å². The SMILES string of the molecule is CC(=O)OC(NC(=O)OCCSSc1ccccn1)S(=O)(=O)c1ccc(C)cc1. The van der Waals surface area contributed by atoms with Gasteiger partial charge in [-0.3, -0.25) is 10.1 Å². The summed E-state index contributed by atoms with van der Waals surface area (Å²) in [6, 6.07) is 11.5. The summed E-state index contributed by atoms with van der Waals surface area (Å²) in [5.41, 5.74) is -1.02. The van der Waals surface area contributed by atoms with Crippen LogP contribution in [-0.2, 0) is 24.1 Å². The third-order valence-electron chi connectivity index (χ3n) is 3.32. The summed E-state index contributed by atoms with van der Waals surface area (Å²) >= 11 is 0. The van der Waals surface area contributed by atoms with Crippen LogP contribution < -0.4 is 5.32 Å². The Balaban J connectivity index is 1.89. The number of aryl methyl sites for hydroxylation is 1. The minimum absolute atomic E-state index is 0.0354. The number of aromatic nitrogens is 1. The van der Waals surface area contributed by atoms with Crippen LogP contribution in [0, 0.1) is 6.92 Å². The largest absolute Gasteiger partial charge is 0.449 e. The number of pyridine rings is 1. The van der Waals surface area contributed by atoms with Gasteiger partial charge in [-0.1, -0.05) is 34.6 Å². The average Bonchev–Trinajstić information content (AvgIpc) is 2.68. The summed E-state index contributed by atoms with van der Waals surface area (Å²) in [6.07, 6.45) is 0.673. The van der Waals surface area contributed by atoms with Gasteiger partial charge in [-0.15, -0.1) is 0 Å². The molecule has 1 amide bonds. The van der Waals surface area contributed by atoms with Crippen LogP contribution in [-0.4, -0.2) is 43.4 Å². The molecule has 0 aliphatic carbocycles. The molecular formula is C18H20N2O6S3. The maximum atomic E-state index is 12.7. The van der Waals surface area contributed by atoms with E-state index < -0.39 is 27.5 Å². The van der Waals surface area contributed by atoms with E-state index in [1.807, 2.05) is 18.2 Å². The Hall–Kier alpha value is -2.24. The van der Waals surface area contributed by atoms with E-state index >= 15 is 0 Å². The predicted molar refractivity (Wildman–Crippen MR) is 111 cm³/mol. The number of esters is 1. The van der Waals surface area contributed by atoms with Gasteiger partial charge in [0.25, 0.3) is 5.56 Å². The van der Waals surface area contributed by atoms with E-state index in [1.54, 1.807) is 25.3 Å². The molecule has 0 radical (unpaired) electrons. The normalized spacial score (nSPS) is 12.1. The van der Waals surface area contributed by atoms with E-state index in [0.29, 0.717) is 5.75 Å². The molecule has 0 bridgehead atoms. The Kier molecular flexibility index (Phi) is 8.80. The molecule has 29 heavy (non-hydrogen) atoms. The zero-order valence-corrected chi connectivity index (χ0v) is 18.2. The molecule has 1 atom stereocenters. The number of hydrogen-bond donors (Lipinski definition) is 1. The van der Waals surface area contributed by atoms with Crippen molar-refractivity contribution in [3.63, 3.8) is 0 Å². The Morgan fingerprint density at radius 1 is 1.17 bits per heavy atom. The zero-order chi connectivity index (χ0) is 21.3. The molecule has 0 saturated heterocycles. The molecule has 0 aliphatic heterocycles. The summed E-state index contributed by atoms with van der Waals surface area (Å²) in [5, 5.41) is 2.91. The number of hydrogen-bond acceptors (Lipinski definition) is 9. The van der Waals surface area contributed by atoms with Crippen molar-refractivity contribution in [2.75, 3.05) is 12.4 Å². The first kappa shape index (κ1) is 23.0. The van der Waals surface area contributed by atoms with Crippen LogP contribution in [0.4, 0.5) is 4.79 Å². The number of carbonyl (C=O) groups excluding carboxylic acids is 2. The van der Waals surface area contributed by atoms with Gasteiger partial charge < -0.3 is 9.47 Å². The van der Waals surface area contributed by atoms with Gasteiger partial charge in [0.1, 0.15) is 11.6 Å². The Bertz CT molecular complexity index is 920. The number of amides is 1. The molecule has 0 saturated carbocycles. The van der Waals surface area contributed by atoms with Crippen LogP contribution in [0.1, 0.15) is 12.5 Å². The lowest BCUT2D eigenvalue weighted by atomic mass is 10.2. The highest BCUT2D eigenvalue weighted by molar-refractivity contribution is 8.76. The minimum Gasteiger partial charge on any atom is -0.449 e. The summed E-state index contributed by atoms with van der Waals surface area (Å²) in [5.74, 6) is -0.397. The molecule has 156 valence electrons. The maximum absolute atomic E-state index is 12.7. The van der Waals surface area contributed by atoms with Crippen molar-refractivity contribution in [3.8, 4) is 0 Å². The van der Waals surface area contributed by atoms with E-state index in [2.05, 4.69) is 10.3 Å². The van der Waals surface area contributed by atoms with Crippen molar-refractivity contribution < 1.29 is 27.5 Å². The second-order valence-corrected chi connectivity index (χ2v) is 10.1. The van der Waals surface area contributed by atoms with Crippen molar-refractivity contribution in [2.24, 2.45) is 0 Å². The van der Waals surface area contributed by atoms with E-state index in [0.717, 1.165) is 17.5 Å². The van der Waals surface area contributed by atoms with Crippen LogP contribution in [0.15, 0.2) is 58.6 Å². The summed E-state index contributed by atoms with van der Waals surface area (Å²) in [6.45, 7) is 2.89. The molecule has 1 aromatic heterocycles. The van der Waals surface area contributed by atoms with Crippen LogP contribution >= 0.6 is 21.6 Å². The fourth-order valence-corrected chi connectivity index (χ4v) is 4.96. The monoisotopic (exact) mass is 456 g/mol. The molecule has 0 fully saturated rings. The van der Waals surface area contributed by atoms with Crippen molar-refractivity contribution in [3.05, 3.63) is 54.2 Å². The molecule has 1 heterocycles. The van der Waals surface area contributed by atoms with Crippen molar-refractivity contribution in [1.82, 2.24) is 10.3 Å². The number of carbonyl (C=O) groups is 2. The quantitative estimate of drug-likeness (QED) is 0.263. The van der Waals surface area contributed by atoms with Crippen LogP contribution in [0.5, 0.6) is 0 Å². The molecule has 2 aromatic rings. The van der Waals surface area contributed by atoms with Gasteiger partial charge >= 0.3 is 12.1 Å². The highest BCUT2D eigenvalue weighted by Gasteiger charge is 2.32. The van der Waals surface area contributed by atoms with Crippen LogP contribution in [0.2, 0.25) is 0 Å². The molecule has 2 rings (SSSR count). The van der Waals surface area contributed by atoms with Gasteiger partial charge in [-0.2, -0.15) is 0 Å².